The van der Waals surface area contributed by atoms with Crippen molar-refractivity contribution in [1.29, 1.82) is 0 Å². The molecular formula is C12H14N6O2. The maximum absolute atomic E-state index is 11.8. The average Bonchev–Trinajstić information content (AvgIpc) is 3.08. The number of rotatable bonds is 4. The molecule has 2 aromatic heterocycles. The lowest BCUT2D eigenvalue weighted by atomic mass is 10.2. The van der Waals surface area contributed by atoms with Gasteiger partial charge in [-0.15, -0.1) is 0 Å². The molecule has 20 heavy (non-hydrogen) atoms. The molecule has 0 saturated heterocycles. The SMILES string of the molecule is O=C(NCCn1nc2c(cc1=O)CCC2)c1ncn[nH]1. The Bertz CT molecular complexity index is 676. The van der Waals surface area contributed by atoms with Gasteiger partial charge in [-0.05, 0) is 24.8 Å². The molecule has 0 atom stereocenters. The van der Waals surface area contributed by atoms with Gasteiger partial charge in [0.2, 0.25) is 5.82 Å². The summed E-state index contributed by atoms with van der Waals surface area (Å²) in [5.41, 5.74) is 1.92. The number of aromatic nitrogens is 5. The fraction of sp³-hybridized carbons (Fsp3) is 0.417. The number of aryl methyl sites for hydroxylation is 2. The van der Waals surface area contributed by atoms with Gasteiger partial charge in [-0.2, -0.15) is 10.2 Å². The highest BCUT2D eigenvalue weighted by molar-refractivity contribution is 5.90. The fourth-order valence-corrected chi connectivity index (χ4v) is 2.27. The Morgan fingerprint density at radius 2 is 2.35 bits per heavy atom. The summed E-state index contributed by atoms with van der Waals surface area (Å²) >= 11 is 0. The van der Waals surface area contributed by atoms with Crippen LogP contribution in [0.15, 0.2) is 17.2 Å². The summed E-state index contributed by atoms with van der Waals surface area (Å²) in [6, 6.07) is 1.65. The molecule has 0 radical (unpaired) electrons. The standard InChI is InChI=1S/C12H14N6O2/c19-10-6-8-2-1-3-9(8)17-18(10)5-4-13-12(20)11-14-7-15-16-11/h6-7H,1-5H2,(H,13,20)(H,14,15,16). The minimum atomic E-state index is -0.350. The van der Waals surface area contributed by atoms with Crippen molar-refractivity contribution < 1.29 is 4.79 Å². The van der Waals surface area contributed by atoms with Gasteiger partial charge < -0.3 is 5.32 Å². The van der Waals surface area contributed by atoms with Crippen LogP contribution in [0.4, 0.5) is 0 Å². The van der Waals surface area contributed by atoms with Crippen LogP contribution in [-0.2, 0) is 19.4 Å². The van der Waals surface area contributed by atoms with Crippen LogP contribution in [0.2, 0.25) is 0 Å². The van der Waals surface area contributed by atoms with E-state index in [1.54, 1.807) is 6.07 Å². The molecule has 2 heterocycles. The van der Waals surface area contributed by atoms with E-state index in [1.807, 2.05) is 0 Å². The van der Waals surface area contributed by atoms with Crippen molar-refractivity contribution >= 4 is 5.91 Å². The second kappa shape index (κ2) is 5.24. The molecule has 0 unspecified atom stereocenters. The third-order valence-electron chi connectivity index (χ3n) is 3.26. The summed E-state index contributed by atoms with van der Waals surface area (Å²) in [6.45, 7) is 0.650. The van der Waals surface area contributed by atoms with Gasteiger partial charge >= 0.3 is 0 Å². The Hall–Kier alpha value is -2.51. The summed E-state index contributed by atoms with van der Waals surface area (Å²) < 4.78 is 1.39. The zero-order valence-corrected chi connectivity index (χ0v) is 10.8. The maximum atomic E-state index is 11.8. The van der Waals surface area contributed by atoms with Crippen LogP contribution in [0, 0.1) is 0 Å². The van der Waals surface area contributed by atoms with Crippen molar-refractivity contribution in [3.05, 3.63) is 39.8 Å². The van der Waals surface area contributed by atoms with Crippen LogP contribution in [0.3, 0.4) is 0 Å². The van der Waals surface area contributed by atoms with E-state index in [0.717, 1.165) is 30.5 Å². The summed E-state index contributed by atoms with van der Waals surface area (Å²) in [4.78, 5) is 27.2. The number of amides is 1. The Morgan fingerprint density at radius 1 is 1.45 bits per heavy atom. The number of H-pyrrole nitrogens is 1. The lowest BCUT2D eigenvalue weighted by Crippen LogP contribution is -2.32. The molecule has 1 amide bonds. The van der Waals surface area contributed by atoms with Crippen LogP contribution in [-0.4, -0.2) is 37.4 Å². The molecule has 1 aliphatic carbocycles. The van der Waals surface area contributed by atoms with Crippen LogP contribution < -0.4 is 10.9 Å². The normalized spacial score (nSPS) is 13.2. The van der Waals surface area contributed by atoms with E-state index in [1.165, 1.54) is 11.0 Å². The highest BCUT2D eigenvalue weighted by atomic mass is 16.2. The number of hydrogen-bond acceptors (Lipinski definition) is 5. The molecule has 8 heteroatoms. The minimum absolute atomic E-state index is 0.125. The molecule has 8 nitrogen and oxygen atoms in total. The minimum Gasteiger partial charge on any atom is -0.347 e. The van der Waals surface area contributed by atoms with Crippen molar-refractivity contribution in [1.82, 2.24) is 30.3 Å². The second-order valence-electron chi connectivity index (χ2n) is 4.62. The highest BCUT2D eigenvalue weighted by Gasteiger charge is 2.14. The summed E-state index contributed by atoms with van der Waals surface area (Å²) in [5.74, 6) is -0.198. The zero-order chi connectivity index (χ0) is 13.9. The molecule has 0 aromatic carbocycles. The number of carbonyl (C=O) groups is 1. The van der Waals surface area contributed by atoms with Gasteiger partial charge in [0.25, 0.3) is 11.5 Å². The van der Waals surface area contributed by atoms with Gasteiger partial charge in [-0.25, -0.2) is 9.67 Å². The van der Waals surface area contributed by atoms with Crippen LogP contribution in [0.25, 0.3) is 0 Å². The first-order valence-corrected chi connectivity index (χ1v) is 6.47. The van der Waals surface area contributed by atoms with Crippen molar-refractivity contribution in [3.8, 4) is 0 Å². The summed E-state index contributed by atoms with van der Waals surface area (Å²) in [7, 11) is 0. The first kappa shape index (κ1) is 12.5. The predicted octanol–water partition coefficient (Wildman–Crippen LogP) is -0.720. The third-order valence-corrected chi connectivity index (χ3v) is 3.26. The Balaban J connectivity index is 1.62. The molecule has 2 aromatic rings. The molecule has 104 valence electrons. The Kier molecular flexibility index (Phi) is 3.28. The van der Waals surface area contributed by atoms with E-state index in [4.69, 9.17) is 0 Å². The highest BCUT2D eigenvalue weighted by Crippen LogP contribution is 2.16. The first-order valence-electron chi connectivity index (χ1n) is 6.47. The Morgan fingerprint density at radius 3 is 3.15 bits per heavy atom. The van der Waals surface area contributed by atoms with E-state index in [9.17, 15) is 9.59 Å². The van der Waals surface area contributed by atoms with Crippen LogP contribution >= 0.6 is 0 Å². The lowest BCUT2D eigenvalue weighted by molar-refractivity contribution is 0.0942. The molecule has 0 fully saturated rings. The van der Waals surface area contributed by atoms with Crippen LogP contribution in [0.1, 0.15) is 28.3 Å². The number of fused-ring (bicyclic) bond motifs is 1. The van der Waals surface area contributed by atoms with Gasteiger partial charge in [0.05, 0.1) is 12.2 Å². The number of nitrogens with zero attached hydrogens (tertiary/aromatic N) is 4. The lowest BCUT2D eigenvalue weighted by Gasteiger charge is -2.07. The number of hydrogen-bond donors (Lipinski definition) is 2. The first-order chi connectivity index (χ1) is 9.74. The van der Waals surface area contributed by atoms with E-state index in [-0.39, 0.29) is 17.3 Å². The van der Waals surface area contributed by atoms with Gasteiger partial charge in [0.15, 0.2) is 0 Å². The van der Waals surface area contributed by atoms with E-state index in [2.05, 4.69) is 25.6 Å². The number of aromatic amines is 1. The van der Waals surface area contributed by atoms with Gasteiger partial charge in [-0.3, -0.25) is 14.7 Å². The van der Waals surface area contributed by atoms with Gasteiger partial charge in [0, 0.05) is 12.6 Å². The molecule has 1 aliphatic rings. The molecule has 0 aliphatic heterocycles. The number of nitrogens with one attached hydrogen (secondary N) is 2. The molecular weight excluding hydrogens is 260 g/mol. The van der Waals surface area contributed by atoms with Gasteiger partial charge in [0.1, 0.15) is 6.33 Å². The average molecular weight is 274 g/mol. The van der Waals surface area contributed by atoms with E-state index in [0.29, 0.717) is 13.1 Å². The van der Waals surface area contributed by atoms with Crippen molar-refractivity contribution in [2.45, 2.75) is 25.8 Å². The van der Waals surface area contributed by atoms with E-state index >= 15 is 0 Å². The Labute approximate surface area is 114 Å². The largest absolute Gasteiger partial charge is 0.347 e. The smallest absolute Gasteiger partial charge is 0.288 e. The van der Waals surface area contributed by atoms with E-state index < -0.39 is 0 Å². The second-order valence-corrected chi connectivity index (χ2v) is 4.62. The summed E-state index contributed by atoms with van der Waals surface area (Å²) in [6.07, 6.45) is 4.16. The van der Waals surface area contributed by atoms with Gasteiger partial charge in [-0.1, -0.05) is 0 Å². The summed E-state index contributed by atoms with van der Waals surface area (Å²) in [5, 5.41) is 13.1. The fourth-order valence-electron chi connectivity index (χ4n) is 2.27. The monoisotopic (exact) mass is 274 g/mol. The van der Waals surface area contributed by atoms with Crippen molar-refractivity contribution in [3.63, 3.8) is 0 Å². The topological polar surface area (TPSA) is 106 Å². The zero-order valence-electron chi connectivity index (χ0n) is 10.8. The maximum Gasteiger partial charge on any atom is 0.288 e. The molecule has 0 saturated carbocycles. The van der Waals surface area contributed by atoms with Crippen molar-refractivity contribution in [2.24, 2.45) is 0 Å². The quantitative estimate of drug-likeness (QED) is 0.765. The number of carbonyl (C=O) groups excluding carboxylic acids is 1. The molecule has 0 spiro atoms. The predicted molar refractivity (Wildman–Crippen MR) is 69.2 cm³/mol. The van der Waals surface area contributed by atoms with Crippen LogP contribution in [0.5, 0.6) is 0 Å². The molecule has 3 rings (SSSR count). The van der Waals surface area contributed by atoms with Crippen molar-refractivity contribution in [2.75, 3.05) is 6.54 Å². The third kappa shape index (κ3) is 2.44. The molecule has 0 bridgehead atoms. The molecule has 2 N–H and O–H groups in total.